The Labute approximate surface area is 220 Å². The van der Waals surface area contributed by atoms with Crippen LogP contribution >= 0.6 is 0 Å². The summed E-state index contributed by atoms with van der Waals surface area (Å²) >= 11 is 0. The number of aromatic amines is 1. The number of hydrogen-bond acceptors (Lipinski definition) is 3. The molecule has 6 nitrogen and oxygen atoms in total. The lowest BCUT2D eigenvalue weighted by atomic mass is 9.62. The van der Waals surface area contributed by atoms with Gasteiger partial charge in [0.05, 0.1) is 6.54 Å². The lowest BCUT2D eigenvalue weighted by Crippen LogP contribution is -2.52. The first kappa shape index (κ1) is 23.8. The van der Waals surface area contributed by atoms with E-state index in [9.17, 15) is 13.6 Å². The van der Waals surface area contributed by atoms with Gasteiger partial charge in [0.15, 0.2) is 0 Å². The summed E-state index contributed by atoms with van der Waals surface area (Å²) in [4.78, 5) is 19.7. The van der Waals surface area contributed by atoms with Crippen molar-refractivity contribution in [3.05, 3.63) is 82.2 Å². The maximum atomic E-state index is 14.2. The van der Waals surface area contributed by atoms with Gasteiger partial charge in [-0.2, -0.15) is 5.10 Å². The van der Waals surface area contributed by atoms with E-state index < -0.39 is 11.3 Å². The van der Waals surface area contributed by atoms with Crippen LogP contribution in [0.5, 0.6) is 0 Å². The molecule has 3 fully saturated rings. The van der Waals surface area contributed by atoms with Crippen molar-refractivity contribution in [1.82, 2.24) is 24.2 Å². The molecule has 1 saturated heterocycles. The van der Waals surface area contributed by atoms with E-state index in [4.69, 9.17) is 0 Å². The first-order valence-electron chi connectivity index (χ1n) is 13.8. The number of aromatic nitrogens is 4. The average molecular weight is 518 g/mol. The summed E-state index contributed by atoms with van der Waals surface area (Å²) < 4.78 is 31.9. The molecular weight excluding hydrogens is 484 g/mol. The number of piperidine rings is 1. The third kappa shape index (κ3) is 4.28. The predicted octanol–water partition coefficient (Wildman–Crippen LogP) is 5.75. The Hall–Kier alpha value is -3.26. The number of nitrogens with one attached hydrogen (secondary N) is 1. The fourth-order valence-electron chi connectivity index (χ4n) is 6.68. The van der Waals surface area contributed by atoms with Crippen LogP contribution in [0.2, 0.25) is 0 Å². The molecule has 3 aliphatic rings. The molecule has 0 bridgehead atoms. The molecule has 38 heavy (non-hydrogen) atoms. The van der Waals surface area contributed by atoms with Crippen LogP contribution < -0.4 is 5.56 Å². The van der Waals surface area contributed by atoms with Crippen molar-refractivity contribution in [2.24, 2.45) is 0 Å². The molecule has 4 heterocycles. The molecule has 8 heteroatoms. The van der Waals surface area contributed by atoms with Gasteiger partial charge in [0.25, 0.3) is 5.56 Å². The van der Waals surface area contributed by atoms with Crippen LogP contribution in [0.15, 0.2) is 59.8 Å². The monoisotopic (exact) mass is 517 g/mol. The van der Waals surface area contributed by atoms with E-state index in [2.05, 4.69) is 21.0 Å². The Morgan fingerprint density at radius 3 is 2.58 bits per heavy atom. The summed E-state index contributed by atoms with van der Waals surface area (Å²) in [5.41, 5.74) is 3.67. The van der Waals surface area contributed by atoms with E-state index in [-0.39, 0.29) is 18.4 Å². The second-order valence-electron chi connectivity index (χ2n) is 11.7. The number of alkyl halides is 2. The van der Waals surface area contributed by atoms with E-state index in [1.54, 1.807) is 15.4 Å². The van der Waals surface area contributed by atoms with Gasteiger partial charge < -0.3 is 4.98 Å². The normalized spacial score (nSPS) is 21.0. The SMILES string of the molecule is O=c1c2[nH]c(CN3CCCCC3)cc2c(C2CC2)cn1-c1cccc(C2(Cn3cccn3)CC(F)(F)C2)c1. The van der Waals surface area contributed by atoms with Crippen molar-refractivity contribution < 1.29 is 8.78 Å². The van der Waals surface area contributed by atoms with Crippen LogP contribution in [0.25, 0.3) is 16.6 Å². The molecule has 2 aliphatic carbocycles. The first-order chi connectivity index (χ1) is 18.4. The van der Waals surface area contributed by atoms with Crippen LogP contribution in [-0.4, -0.2) is 43.2 Å². The number of likely N-dealkylation sites (tertiary alicyclic amines) is 1. The van der Waals surface area contributed by atoms with Gasteiger partial charge in [0.2, 0.25) is 5.92 Å². The van der Waals surface area contributed by atoms with Gasteiger partial charge in [0, 0.05) is 60.2 Å². The minimum atomic E-state index is -2.69. The molecule has 0 radical (unpaired) electrons. The number of benzene rings is 1. The number of nitrogens with zero attached hydrogens (tertiary/aromatic N) is 4. The molecule has 0 atom stereocenters. The van der Waals surface area contributed by atoms with Gasteiger partial charge in [-0.3, -0.25) is 18.9 Å². The molecule has 4 aromatic rings. The summed E-state index contributed by atoms with van der Waals surface area (Å²) in [6.45, 7) is 3.41. The van der Waals surface area contributed by atoms with Crippen molar-refractivity contribution in [2.45, 2.75) is 75.3 Å². The van der Waals surface area contributed by atoms with Gasteiger partial charge in [-0.25, -0.2) is 8.78 Å². The Bertz CT molecular complexity index is 1520. The molecular formula is C30H33F2N5O. The maximum absolute atomic E-state index is 14.2. The summed E-state index contributed by atoms with van der Waals surface area (Å²) in [6.07, 6.45) is 11.0. The quantitative estimate of drug-likeness (QED) is 0.340. The third-order valence-corrected chi connectivity index (χ3v) is 8.70. The highest BCUT2D eigenvalue weighted by Gasteiger charge is 2.57. The number of H-pyrrole nitrogens is 1. The average Bonchev–Trinajstić information content (AvgIpc) is 3.44. The van der Waals surface area contributed by atoms with E-state index in [0.717, 1.165) is 54.8 Å². The maximum Gasteiger partial charge on any atom is 0.279 e. The van der Waals surface area contributed by atoms with Crippen molar-refractivity contribution in [3.63, 3.8) is 0 Å². The molecule has 198 valence electrons. The summed E-state index contributed by atoms with van der Waals surface area (Å²) in [5.74, 6) is -2.23. The highest BCUT2D eigenvalue weighted by molar-refractivity contribution is 5.84. The number of rotatable bonds is 7. The van der Waals surface area contributed by atoms with E-state index in [1.165, 1.54) is 24.8 Å². The topological polar surface area (TPSA) is 58.9 Å². The van der Waals surface area contributed by atoms with Crippen molar-refractivity contribution in [2.75, 3.05) is 13.1 Å². The minimum Gasteiger partial charge on any atom is -0.353 e. The Balaban J connectivity index is 1.28. The molecule has 1 aliphatic heterocycles. The number of halogens is 2. The Morgan fingerprint density at radius 2 is 1.87 bits per heavy atom. The van der Waals surface area contributed by atoms with Crippen LogP contribution in [0.4, 0.5) is 8.78 Å². The van der Waals surface area contributed by atoms with E-state index >= 15 is 0 Å². The van der Waals surface area contributed by atoms with E-state index in [1.807, 2.05) is 42.7 Å². The fourth-order valence-corrected chi connectivity index (χ4v) is 6.68. The summed E-state index contributed by atoms with van der Waals surface area (Å²) in [6, 6.07) is 11.6. The van der Waals surface area contributed by atoms with Crippen LogP contribution in [-0.2, 0) is 18.5 Å². The minimum absolute atomic E-state index is 0.0912. The van der Waals surface area contributed by atoms with Gasteiger partial charge in [0.1, 0.15) is 5.52 Å². The fraction of sp³-hybridized carbons (Fsp3) is 0.467. The standard InChI is InChI=1S/C30H33F2N5O/c31-30(32)18-29(19-30,20-36-13-5-10-33-36)22-6-4-7-24(14-22)37-17-26(21-8-9-21)25-15-23(34-27(25)28(37)38)16-35-11-2-1-3-12-35/h4-7,10,13-15,17,21,34H,1-3,8-9,11-12,16,18-20H2. The van der Waals surface area contributed by atoms with Crippen molar-refractivity contribution >= 4 is 10.9 Å². The second kappa shape index (κ2) is 8.90. The van der Waals surface area contributed by atoms with Crippen LogP contribution in [0, 0.1) is 0 Å². The lowest BCUT2D eigenvalue weighted by molar-refractivity contribution is -0.132. The largest absolute Gasteiger partial charge is 0.353 e. The molecule has 2 saturated carbocycles. The molecule has 1 N–H and O–H groups in total. The van der Waals surface area contributed by atoms with Crippen LogP contribution in [0.1, 0.15) is 67.7 Å². The first-order valence-corrected chi connectivity index (χ1v) is 13.8. The van der Waals surface area contributed by atoms with Crippen molar-refractivity contribution in [3.8, 4) is 5.69 Å². The van der Waals surface area contributed by atoms with Gasteiger partial charge in [-0.1, -0.05) is 18.6 Å². The highest BCUT2D eigenvalue weighted by Crippen LogP contribution is 2.54. The molecule has 0 unspecified atom stereocenters. The van der Waals surface area contributed by atoms with Gasteiger partial charge in [-0.05, 0) is 80.1 Å². The smallest absolute Gasteiger partial charge is 0.279 e. The zero-order chi connectivity index (χ0) is 25.9. The highest BCUT2D eigenvalue weighted by atomic mass is 19.3. The van der Waals surface area contributed by atoms with E-state index in [0.29, 0.717) is 18.0 Å². The molecule has 0 spiro atoms. The third-order valence-electron chi connectivity index (χ3n) is 8.70. The van der Waals surface area contributed by atoms with Crippen LogP contribution in [0.3, 0.4) is 0 Å². The second-order valence-corrected chi connectivity index (χ2v) is 11.7. The molecule has 7 rings (SSSR count). The number of fused-ring (bicyclic) bond motifs is 1. The van der Waals surface area contributed by atoms with Gasteiger partial charge in [-0.15, -0.1) is 0 Å². The lowest BCUT2D eigenvalue weighted by Gasteiger charge is -2.47. The van der Waals surface area contributed by atoms with Crippen molar-refractivity contribution in [1.29, 1.82) is 0 Å². The zero-order valence-electron chi connectivity index (χ0n) is 21.5. The van der Waals surface area contributed by atoms with Gasteiger partial charge >= 0.3 is 0 Å². The predicted molar refractivity (Wildman–Crippen MR) is 143 cm³/mol. The number of hydrogen-bond donors (Lipinski definition) is 1. The number of pyridine rings is 1. The summed E-state index contributed by atoms with van der Waals surface area (Å²) in [7, 11) is 0. The molecule has 0 amide bonds. The Morgan fingerprint density at radius 1 is 1.05 bits per heavy atom. The molecule has 1 aromatic carbocycles. The molecule has 3 aromatic heterocycles. The summed E-state index contributed by atoms with van der Waals surface area (Å²) in [5, 5.41) is 5.31. The zero-order valence-corrected chi connectivity index (χ0v) is 21.5. The Kier molecular flexibility index (Phi) is 5.58.